The van der Waals surface area contributed by atoms with E-state index in [2.05, 4.69) is 23.8 Å². The smallest absolute Gasteiger partial charge is 0.307 e. The van der Waals surface area contributed by atoms with E-state index in [1.807, 2.05) is 13.0 Å². The molecule has 0 bridgehead atoms. The van der Waals surface area contributed by atoms with Gasteiger partial charge in [0.05, 0.1) is 13.0 Å². The van der Waals surface area contributed by atoms with Crippen molar-refractivity contribution in [1.29, 1.82) is 0 Å². The van der Waals surface area contributed by atoms with Crippen LogP contribution in [0.25, 0.3) is 0 Å². The summed E-state index contributed by atoms with van der Waals surface area (Å²) >= 11 is 0. The predicted molar refractivity (Wildman–Crippen MR) is 92.7 cm³/mol. The number of benzene rings is 1. The lowest BCUT2D eigenvalue weighted by molar-refractivity contribution is -0.140. The molecule has 4 nitrogen and oxygen atoms in total. The number of hydrogen-bond acceptors (Lipinski definition) is 3. The topological polar surface area (TPSA) is 63.6 Å². The van der Waals surface area contributed by atoms with Crippen LogP contribution in [0.5, 0.6) is 0 Å². The highest BCUT2D eigenvalue weighted by molar-refractivity contribution is 5.70. The average Bonchev–Trinajstić information content (AvgIpc) is 2.47. The molecule has 0 saturated carbocycles. The minimum Gasteiger partial charge on any atom is -0.481 e. The Hall–Kier alpha value is -1.84. The number of ether oxygens (including phenoxy) is 1. The third-order valence-electron chi connectivity index (χ3n) is 3.42. The van der Waals surface area contributed by atoms with E-state index >= 15 is 0 Å². The van der Waals surface area contributed by atoms with E-state index in [1.54, 1.807) is 6.92 Å². The van der Waals surface area contributed by atoms with Crippen molar-refractivity contribution in [2.75, 3.05) is 6.61 Å². The molecule has 0 aliphatic heterocycles. The number of unbranched alkanes of at least 4 members (excludes halogenated alkanes) is 3. The number of carboxylic acids is 1. The highest BCUT2D eigenvalue weighted by atomic mass is 16.5. The fourth-order valence-corrected chi connectivity index (χ4v) is 2.19. The lowest BCUT2D eigenvalue weighted by Gasteiger charge is -2.07. The second-order valence-electron chi connectivity index (χ2n) is 5.57. The van der Waals surface area contributed by atoms with Crippen molar-refractivity contribution >= 4 is 11.9 Å². The number of esters is 1. The maximum Gasteiger partial charge on any atom is 0.307 e. The van der Waals surface area contributed by atoms with Gasteiger partial charge in [-0.3, -0.25) is 9.59 Å². The van der Waals surface area contributed by atoms with E-state index in [0.717, 1.165) is 17.5 Å². The number of rotatable bonds is 8. The number of carbonyl (C=O) groups excluding carboxylic acids is 1. The average molecular weight is 322 g/mol. The molecule has 130 valence electrons. The van der Waals surface area contributed by atoms with Crippen molar-refractivity contribution in [3.8, 4) is 0 Å². The van der Waals surface area contributed by atoms with E-state index in [9.17, 15) is 9.59 Å². The second kappa shape index (κ2) is 12.7. The highest BCUT2D eigenvalue weighted by Gasteiger charge is 2.05. The molecule has 1 rings (SSSR count). The van der Waals surface area contributed by atoms with Crippen molar-refractivity contribution in [3.05, 3.63) is 34.9 Å². The largest absolute Gasteiger partial charge is 0.481 e. The van der Waals surface area contributed by atoms with Crippen molar-refractivity contribution in [2.45, 2.75) is 66.2 Å². The van der Waals surface area contributed by atoms with E-state index < -0.39 is 5.97 Å². The van der Waals surface area contributed by atoms with Crippen molar-refractivity contribution in [1.82, 2.24) is 0 Å². The van der Waals surface area contributed by atoms with Gasteiger partial charge in [0.1, 0.15) is 0 Å². The van der Waals surface area contributed by atoms with Crippen molar-refractivity contribution in [2.24, 2.45) is 0 Å². The summed E-state index contributed by atoms with van der Waals surface area (Å²) < 4.78 is 4.40. The third-order valence-corrected chi connectivity index (χ3v) is 3.42. The fourth-order valence-electron chi connectivity index (χ4n) is 2.19. The molecule has 0 spiro atoms. The molecule has 0 amide bonds. The first-order valence-electron chi connectivity index (χ1n) is 8.34. The van der Waals surface area contributed by atoms with E-state index in [4.69, 9.17) is 5.11 Å². The highest BCUT2D eigenvalue weighted by Crippen LogP contribution is 2.15. The Morgan fingerprint density at radius 3 is 2.30 bits per heavy atom. The van der Waals surface area contributed by atoms with Gasteiger partial charge in [-0.25, -0.2) is 0 Å². The molecule has 0 radical (unpaired) electrons. The van der Waals surface area contributed by atoms with Gasteiger partial charge in [-0.2, -0.15) is 0 Å². The van der Waals surface area contributed by atoms with Crippen molar-refractivity contribution < 1.29 is 19.4 Å². The normalized spacial score (nSPS) is 9.74. The molecule has 0 aromatic heterocycles. The zero-order valence-electron chi connectivity index (χ0n) is 14.9. The van der Waals surface area contributed by atoms with Crippen LogP contribution in [-0.4, -0.2) is 23.7 Å². The summed E-state index contributed by atoms with van der Waals surface area (Å²) in [5, 5.41) is 8.83. The number of aryl methyl sites for hydroxylation is 2. The maximum absolute atomic E-state index is 10.7. The van der Waals surface area contributed by atoms with Crippen LogP contribution in [0.2, 0.25) is 0 Å². The number of hydrogen-bond donors (Lipinski definition) is 1. The number of aliphatic carboxylic acids is 1. The third kappa shape index (κ3) is 11.4. The van der Waals surface area contributed by atoms with Gasteiger partial charge in [0.2, 0.25) is 0 Å². The van der Waals surface area contributed by atoms with Crippen molar-refractivity contribution in [3.63, 3.8) is 0 Å². The summed E-state index contributed by atoms with van der Waals surface area (Å²) in [4.78, 5) is 20.6. The van der Waals surface area contributed by atoms with Crippen LogP contribution in [0, 0.1) is 6.92 Å². The quantitative estimate of drug-likeness (QED) is 0.572. The summed E-state index contributed by atoms with van der Waals surface area (Å²) in [5.41, 5.74) is 3.29. The van der Waals surface area contributed by atoms with E-state index in [0.29, 0.717) is 6.61 Å². The molecule has 0 fully saturated rings. The lowest BCUT2D eigenvalue weighted by atomic mass is 9.99. The number of carbonyl (C=O) groups is 2. The summed E-state index contributed by atoms with van der Waals surface area (Å²) in [6, 6.07) is 6.20. The SMILES string of the molecule is CCCCCCc1ccc(C)c(CC(=O)O)c1.CCOC(C)=O. The Bertz CT molecular complexity index is 480. The van der Waals surface area contributed by atoms with Gasteiger partial charge in [-0.05, 0) is 43.4 Å². The Labute approximate surface area is 139 Å². The van der Waals surface area contributed by atoms with Gasteiger partial charge in [0.25, 0.3) is 0 Å². The van der Waals surface area contributed by atoms with Crippen LogP contribution in [0.3, 0.4) is 0 Å². The monoisotopic (exact) mass is 322 g/mol. The molecule has 4 heteroatoms. The van der Waals surface area contributed by atoms with Crippen LogP contribution in [0.15, 0.2) is 18.2 Å². The summed E-state index contributed by atoms with van der Waals surface area (Å²) in [5.74, 6) is -0.964. The molecule has 1 aromatic carbocycles. The van der Waals surface area contributed by atoms with E-state index in [1.165, 1.54) is 38.2 Å². The van der Waals surface area contributed by atoms with Gasteiger partial charge in [0, 0.05) is 6.92 Å². The minimum atomic E-state index is -0.753. The molecular formula is C19H30O4. The summed E-state index contributed by atoms with van der Waals surface area (Å²) in [6.07, 6.45) is 6.19. The van der Waals surface area contributed by atoms with Crippen LogP contribution >= 0.6 is 0 Å². The lowest BCUT2D eigenvalue weighted by Crippen LogP contribution is -2.02. The first-order chi connectivity index (χ1) is 10.9. The molecule has 0 atom stereocenters. The zero-order valence-corrected chi connectivity index (χ0v) is 14.9. The molecule has 1 N–H and O–H groups in total. The fraction of sp³-hybridized carbons (Fsp3) is 0.579. The first-order valence-corrected chi connectivity index (χ1v) is 8.34. The van der Waals surface area contributed by atoms with Gasteiger partial charge in [-0.1, -0.05) is 44.4 Å². The van der Waals surface area contributed by atoms with Crippen LogP contribution in [0.1, 0.15) is 63.1 Å². The zero-order chi connectivity index (χ0) is 17.7. The Balaban J connectivity index is 0.000000688. The standard InChI is InChI=1S/C15H22O2.C4H8O2/c1-3-4-5-6-7-13-9-8-12(2)14(10-13)11-15(16)17;1-3-6-4(2)5/h8-10H,3-7,11H2,1-2H3,(H,16,17);3H2,1-2H3. The molecule has 0 aliphatic carbocycles. The summed E-state index contributed by atoms with van der Waals surface area (Å²) in [6.45, 7) is 7.83. The number of carboxylic acid groups (broad SMARTS) is 1. The molecular weight excluding hydrogens is 292 g/mol. The Morgan fingerprint density at radius 2 is 1.83 bits per heavy atom. The van der Waals surface area contributed by atoms with Gasteiger partial charge in [0.15, 0.2) is 0 Å². The van der Waals surface area contributed by atoms with Gasteiger partial charge < -0.3 is 9.84 Å². The first kappa shape index (κ1) is 21.2. The maximum atomic E-state index is 10.7. The predicted octanol–water partition coefficient (Wildman–Crippen LogP) is 4.31. The molecule has 1 aromatic rings. The molecule has 23 heavy (non-hydrogen) atoms. The minimum absolute atomic E-state index is 0.134. The van der Waals surface area contributed by atoms with E-state index in [-0.39, 0.29) is 12.4 Å². The summed E-state index contributed by atoms with van der Waals surface area (Å²) in [7, 11) is 0. The molecule has 0 saturated heterocycles. The second-order valence-corrected chi connectivity index (χ2v) is 5.57. The van der Waals surface area contributed by atoms with Gasteiger partial charge in [-0.15, -0.1) is 0 Å². The Morgan fingerprint density at radius 1 is 1.13 bits per heavy atom. The molecule has 0 aliphatic rings. The molecule has 0 heterocycles. The van der Waals surface area contributed by atoms with Crippen LogP contribution < -0.4 is 0 Å². The van der Waals surface area contributed by atoms with Gasteiger partial charge >= 0.3 is 11.9 Å². The van der Waals surface area contributed by atoms with Crippen LogP contribution in [-0.2, 0) is 27.2 Å². The molecule has 0 unspecified atom stereocenters. The Kier molecular flexibility index (Phi) is 11.7. The van der Waals surface area contributed by atoms with Crippen LogP contribution in [0.4, 0.5) is 0 Å².